The Hall–Kier alpha value is -3.89. The number of carbonyl (C=O) groups is 1. The van der Waals surface area contributed by atoms with Crippen LogP contribution in [0.1, 0.15) is 36.6 Å². The van der Waals surface area contributed by atoms with E-state index in [0.717, 1.165) is 57.0 Å². The highest BCUT2D eigenvalue weighted by Crippen LogP contribution is 2.48. The second kappa shape index (κ2) is 9.87. The number of nitrogens with one attached hydrogen (secondary N) is 1. The van der Waals surface area contributed by atoms with Crippen LogP contribution < -0.4 is 15.0 Å². The van der Waals surface area contributed by atoms with E-state index in [9.17, 15) is 18.0 Å². The zero-order chi connectivity index (χ0) is 26.0. The molecule has 8 nitrogen and oxygen atoms in total. The first-order valence-corrected chi connectivity index (χ1v) is 12.1. The van der Waals surface area contributed by atoms with E-state index < -0.39 is 11.9 Å². The molecule has 2 aromatic heterocycles. The predicted octanol–water partition coefficient (Wildman–Crippen LogP) is 4.24. The average molecular weight is 513 g/mol. The summed E-state index contributed by atoms with van der Waals surface area (Å²) in [5.74, 6) is 1.01. The van der Waals surface area contributed by atoms with Crippen LogP contribution in [0.15, 0.2) is 54.7 Å². The second-order valence-electron chi connectivity index (χ2n) is 9.34. The molecule has 5 rings (SSSR count). The quantitative estimate of drug-likeness (QED) is 0.507. The number of carbonyl (C=O) groups excluding carboxylic acids is 1. The minimum absolute atomic E-state index is 0.0344. The normalized spacial score (nSPS) is 16.9. The fraction of sp³-hybridized carbons (Fsp3) is 0.385. The zero-order valence-corrected chi connectivity index (χ0v) is 20.3. The van der Waals surface area contributed by atoms with Gasteiger partial charge in [0.2, 0.25) is 11.8 Å². The van der Waals surface area contributed by atoms with Gasteiger partial charge >= 0.3 is 6.18 Å². The van der Waals surface area contributed by atoms with Crippen LogP contribution in [-0.4, -0.2) is 52.2 Å². The highest BCUT2D eigenvalue weighted by molar-refractivity contribution is 5.73. The largest absolute Gasteiger partial charge is 0.472 e. The molecule has 1 saturated heterocycles. The van der Waals surface area contributed by atoms with E-state index in [-0.39, 0.29) is 23.9 Å². The summed E-state index contributed by atoms with van der Waals surface area (Å²) in [4.78, 5) is 19.1. The molecule has 3 aromatic rings. The lowest BCUT2D eigenvalue weighted by molar-refractivity contribution is -0.141. The number of alkyl halides is 3. The van der Waals surface area contributed by atoms with Crippen molar-refractivity contribution in [3.63, 3.8) is 0 Å². The molecule has 194 valence electrons. The van der Waals surface area contributed by atoms with Crippen molar-refractivity contribution in [3.05, 3.63) is 71.5 Å². The van der Waals surface area contributed by atoms with Crippen LogP contribution in [0, 0.1) is 0 Å². The molecule has 1 N–H and O–H groups in total. The highest BCUT2D eigenvalue weighted by Gasteiger charge is 2.44. The minimum Gasteiger partial charge on any atom is -0.472 e. The Morgan fingerprint density at radius 2 is 1.73 bits per heavy atom. The van der Waals surface area contributed by atoms with E-state index in [2.05, 4.69) is 49.7 Å². The number of nitrogens with zero attached hydrogens (tertiary/aromatic N) is 5. The first-order valence-electron chi connectivity index (χ1n) is 12.1. The van der Waals surface area contributed by atoms with Gasteiger partial charge in [0.25, 0.3) is 0 Å². The van der Waals surface area contributed by atoms with Gasteiger partial charge in [-0.25, -0.2) is 0 Å². The predicted molar refractivity (Wildman–Crippen MR) is 131 cm³/mol. The van der Waals surface area contributed by atoms with Crippen molar-refractivity contribution >= 4 is 17.4 Å². The van der Waals surface area contributed by atoms with Gasteiger partial charge < -0.3 is 19.9 Å². The fourth-order valence-electron chi connectivity index (χ4n) is 4.43. The van der Waals surface area contributed by atoms with E-state index in [1.54, 1.807) is 19.1 Å². The number of halogens is 3. The number of amides is 1. The highest BCUT2D eigenvalue weighted by atomic mass is 19.4. The van der Waals surface area contributed by atoms with Crippen LogP contribution in [0.5, 0.6) is 5.88 Å². The monoisotopic (exact) mass is 512 g/mol. The summed E-state index contributed by atoms with van der Waals surface area (Å²) in [6.45, 7) is 4.76. The lowest BCUT2D eigenvalue weighted by Gasteiger charge is -2.35. The molecule has 1 aliphatic carbocycles. The van der Waals surface area contributed by atoms with Crippen molar-refractivity contribution in [2.45, 2.75) is 38.1 Å². The third-order valence-corrected chi connectivity index (χ3v) is 6.77. The zero-order valence-electron chi connectivity index (χ0n) is 20.3. The van der Waals surface area contributed by atoms with Crippen LogP contribution in [0.3, 0.4) is 0 Å². The lowest BCUT2D eigenvalue weighted by Crippen LogP contribution is -2.48. The van der Waals surface area contributed by atoms with E-state index in [1.807, 2.05) is 4.90 Å². The maximum Gasteiger partial charge on any atom is 0.433 e. The first-order chi connectivity index (χ1) is 17.7. The molecule has 1 aliphatic heterocycles. The summed E-state index contributed by atoms with van der Waals surface area (Å²) >= 11 is 0. The van der Waals surface area contributed by atoms with E-state index in [1.165, 1.54) is 11.6 Å². The van der Waals surface area contributed by atoms with Crippen LogP contribution in [-0.2, 0) is 23.1 Å². The first kappa shape index (κ1) is 24.8. The molecule has 1 saturated carbocycles. The third kappa shape index (κ3) is 5.76. The summed E-state index contributed by atoms with van der Waals surface area (Å²) in [6, 6.07) is 14.2. The molecular formula is C26H27F3N6O2. The Bertz CT molecular complexity index is 1220. The minimum atomic E-state index is -4.47. The van der Waals surface area contributed by atoms with Crippen LogP contribution in [0.2, 0.25) is 0 Å². The van der Waals surface area contributed by atoms with Crippen molar-refractivity contribution in [1.82, 2.24) is 20.1 Å². The standard InChI is InChI=1S/C26H27F3N6O2/c1-18(36)34-12-14-35(15-13-34)21-5-3-20(4-6-21)25(10-11-25)31-23-8-9-24(33-32-23)37-17-19-2-7-22(30-16-19)26(27,28)29/h2-9,16H,10-15,17H2,1H3,(H,31,32). The van der Waals surface area contributed by atoms with E-state index in [4.69, 9.17) is 4.74 Å². The second-order valence-corrected chi connectivity index (χ2v) is 9.34. The molecule has 2 fully saturated rings. The molecule has 0 bridgehead atoms. The topological polar surface area (TPSA) is 83.5 Å². The van der Waals surface area contributed by atoms with E-state index in [0.29, 0.717) is 11.4 Å². The van der Waals surface area contributed by atoms with Crippen molar-refractivity contribution in [3.8, 4) is 5.88 Å². The SMILES string of the molecule is CC(=O)N1CCN(c2ccc(C3(Nc4ccc(OCc5ccc(C(F)(F)F)nc5)nn4)CC3)cc2)CC1. The van der Waals surface area contributed by atoms with Crippen LogP contribution >= 0.6 is 0 Å². The Morgan fingerprint density at radius 3 is 2.27 bits per heavy atom. The number of piperazine rings is 1. The van der Waals surface area contributed by atoms with Gasteiger partial charge in [0, 0.05) is 56.6 Å². The number of rotatable bonds is 7. The molecule has 0 atom stereocenters. The van der Waals surface area contributed by atoms with Crippen LogP contribution in [0.4, 0.5) is 24.7 Å². The average Bonchev–Trinajstić information content (AvgIpc) is 3.69. The summed E-state index contributed by atoms with van der Waals surface area (Å²) in [5.41, 5.74) is 1.69. The van der Waals surface area contributed by atoms with Gasteiger partial charge in [-0.3, -0.25) is 9.78 Å². The molecule has 11 heteroatoms. The smallest absolute Gasteiger partial charge is 0.433 e. The molecule has 2 aliphatic rings. The Balaban J connectivity index is 1.15. The maximum atomic E-state index is 12.6. The van der Waals surface area contributed by atoms with Gasteiger partial charge in [-0.05, 0) is 42.7 Å². The number of benzene rings is 1. The summed E-state index contributed by atoms with van der Waals surface area (Å²) in [6.07, 6.45) is -1.38. The van der Waals surface area contributed by atoms with Gasteiger partial charge in [-0.2, -0.15) is 13.2 Å². The van der Waals surface area contributed by atoms with Gasteiger partial charge in [0.05, 0.1) is 5.54 Å². The maximum absolute atomic E-state index is 12.6. The summed E-state index contributed by atoms with van der Waals surface area (Å²) in [7, 11) is 0. The Morgan fingerprint density at radius 1 is 1.00 bits per heavy atom. The molecule has 3 heterocycles. The van der Waals surface area contributed by atoms with Gasteiger partial charge in [0.15, 0.2) is 0 Å². The number of hydrogen-bond acceptors (Lipinski definition) is 7. The van der Waals surface area contributed by atoms with Gasteiger partial charge in [-0.1, -0.05) is 18.2 Å². The van der Waals surface area contributed by atoms with Crippen LogP contribution in [0.25, 0.3) is 0 Å². The Kier molecular flexibility index (Phi) is 6.61. The molecule has 37 heavy (non-hydrogen) atoms. The molecule has 1 amide bonds. The lowest BCUT2D eigenvalue weighted by atomic mass is 10.0. The van der Waals surface area contributed by atoms with Crippen molar-refractivity contribution < 1.29 is 22.7 Å². The van der Waals surface area contributed by atoms with Gasteiger partial charge in [0.1, 0.15) is 18.1 Å². The van der Waals surface area contributed by atoms with Crippen molar-refractivity contribution in [2.75, 3.05) is 36.4 Å². The number of hydrogen-bond donors (Lipinski definition) is 1. The summed E-state index contributed by atoms with van der Waals surface area (Å²) < 4.78 is 43.5. The van der Waals surface area contributed by atoms with Gasteiger partial charge in [-0.15, -0.1) is 10.2 Å². The molecule has 0 unspecified atom stereocenters. The fourth-order valence-corrected chi connectivity index (χ4v) is 4.43. The molecular weight excluding hydrogens is 485 g/mol. The van der Waals surface area contributed by atoms with Crippen molar-refractivity contribution in [2.24, 2.45) is 0 Å². The Labute approximate surface area is 212 Å². The van der Waals surface area contributed by atoms with Crippen molar-refractivity contribution in [1.29, 1.82) is 0 Å². The molecule has 1 aromatic carbocycles. The summed E-state index contributed by atoms with van der Waals surface area (Å²) in [5, 5.41) is 11.8. The third-order valence-electron chi connectivity index (χ3n) is 6.77. The molecule has 0 radical (unpaired) electrons. The number of ether oxygens (including phenoxy) is 1. The number of anilines is 2. The number of aromatic nitrogens is 3. The van der Waals surface area contributed by atoms with E-state index >= 15 is 0 Å². The molecule has 0 spiro atoms. The number of pyridine rings is 1.